The summed E-state index contributed by atoms with van der Waals surface area (Å²) in [5.74, 6) is -0.391. The van der Waals surface area contributed by atoms with Crippen LogP contribution in [0.15, 0.2) is 36.4 Å². The molecule has 0 atom stereocenters. The SMILES string of the molecule is CC.CCNCNCC.O=Cc1cc(-c2cccc(C(F)(F)F)c2)cc(Cl)c1O. The minimum absolute atomic E-state index is 0.0788. The monoisotopic (exact) mass is 432 g/mol. The number of phenols is 1. The molecule has 4 nitrogen and oxygen atoms in total. The van der Waals surface area contributed by atoms with E-state index in [2.05, 4.69) is 24.5 Å². The largest absolute Gasteiger partial charge is 0.506 e. The number of rotatable bonds is 6. The predicted molar refractivity (Wildman–Crippen MR) is 113 cm³/mol. The molecule has 8 heteroatoms. The lowest BCUT2D eigenvalue weighted by Gasteiger charge is -2.10. The second-order valence-corrected chi connectivity index (χ2v) is 5.88. The highest BCUT2D eigenvalue weighted by molar-refractivity contribution is 6.32. The lowest BCUT2D eigenvalue weighted by atomic mass is 10.0. The number of aromatic hydroxyl groups is 1. The van der Waals surface area contributed by atoms with E-state index >= 15 is 0 Å². The average Bonchev–Trinajstić information content (AvgIpc) is 2.72. The molecule has 0 radical (unpaired) electrons. The van der Waals surface area contributed by atoms with Gasteiger partial charge in [-0.05, 0) is 48.5 Å². The van der Waals surface area contributed by atoms with Gasteiger partial charge in [-0.1, -0.05) is 51.4 Å². The van der Waals surface area contributed by atoms with Crippen molar-refractivity contribution in [3.05, 3.63) is 52.5 Å². The maximum absolute atomic E-state index is 12.7. The van der Waals surface area contributed by atoms with Gasteiger partial charge in [0.25, 0.3) is 0 Å². The van der Waals surface area contributed by atoms with Crippen molar-refractivity contribution in [1.82, 2.24) is 10.6 Å². The van der Waals surface area contributed by atoms with Gasteiger partial charge < -0.3 is 15.7 Å². The molecule has 0 bridgehead atoms. The molecule has 0 saturated heterocycles. The summed E-state index contributed by atoms with van der Waals surface area (Å²) in [7, 11) is 0. The summed E-state index contributed by atoms with van der Waals surface area (Å²) in [6.07, 6.45) is -4.07. The summed E-state index contributed by atoms with van der Waals surface area (Å²) in [5.41, 5.74) is -0.303. The van der Waals surface area contributed by atoms with E-state index in [9.17, 15) is 23.1 Å². The van der Waals surface area contributed by atoms with E-state index in [1.165, 1.54) is 24.3 Å². The van der Waals surface area contributed by atoms with Crippen molar-refractivity contribution in [1.29, 1.82) is 0 Å². The van der Waals surface area contributed by atoms with Crippen LogP contribution in [0.2, 0.25) is 5.02 Å². The number of nitrogens with one attached hydrogen (secondary N) is 2. The van der Waals surface area contributed by atoms with Crippen molar-refractivity contribution < 1.29 is 23.1 Å². The summed E-state index contributed by atoms with van der Waals surface area (Å²) in [4.78, 5) is 10.8. The molecule has 0 fully saturated rings. The molecule has 0 aliphatic rings. The summed E-state index contributed by atoms with van der Waals surface area (Å²) in [6, 6.07) is 7.22. The molecule has 0 spiro atoms. The first-order valence-electron chi connectivity index (χ1n) is 9.31. The van der Waals surface area contributed by atoms with Crippen molar-refractivity contribution in [3.8, 4) is 16.9 Å². The molecule has 2 aromatic carbocycles. The van der Waals surface area contributed by atoms with Crippen LogP contribution in [0.3, 0.4) is 0 Å². The van der Waals surface area contributed by atoms with Crippen molar-refractivity contribution in [2.75, 3.05) is 19.8 Å². The molecule has 0 aliphatic carbocycles. The normalized spacial score (nSPS) is 10.3. The molecular formula is C21H28ClF3N2O2. The first-order valence-corrected chi connectivity index (χ1v) is 9.69. The van der Waals surface area contributed by atoms with Gasteiger partial charge in [-0.3, -0.25) is 4.79 Å². The number of alkyl halides is 3. The molecule has 2 rings (SSSR count). The van der Waals surface area contributed by atoms with E-state index in [0.29, 0.717) is 11.8 Å². The van der Waals surface area contributed by atoms with Crippen LogP contribution in [0.25, 0.3) is 11.1 Å². The molecule has 2 aromatic rings. The van der Waals surface area contributed by atoms with Crippen LogP contribution in [0.5, 0.6) is 5.75 Å². The number of aldehydes is 1. The Morgan fingerprint density at radius 3 is 2.10 bits per heavy atom. The van der Waals surface area contributed by atoms with E-state index in [0.717, 1.165) is 31.9 Å². The minimum Gasteiger partial charge on any atom is -0.506 e. The van der Waals surface area contributed by atoms with Crippen LogP contribution in [0.4, 0.5) is 13.2 Å². The van der Waals surface area contributed by atoms with Crippen LogP contribution < -0.4 is 10.6 Å². The second kappa shape index (κ2) is 14.0. The Bertz CT molecular complexity index is 749. The van der Waals surface area contributed by atoms with Crippen molar-refractivity contribution in [2.24, 2.45) is 0 Å². The van der Waals surface area contributed by atoms with Crippen molar-refractivity contribution in [2.45, 2.75) is 33.9 Å². The van der Waals surface area contributed by atoms with E-state index < -0.39 is 17.5 Å². The highest BCUT2D eigenvalue weighted by Crippen LogP contribution is 2.35. The fourth-order valence-electron chi connectivity index (χ4n) is 2.09. The molecule has 0 heterocycles. The first kappa shape index (κ1) is 26.9. The molecule has 3 N–H and O–H groups in total. The predicted octanol–water partition coefficient (Wildman–Crippen LogP) is 5.73. The van der Waals surface area contributed by atoms with E-state index in [1.807, 2.05) is 13.8 Å². The topological polar surface area (TPSA) is 61.4 Å². The maximum Gasteiger partial charge on any atom is 0.416 e. The molecule has 0 unspecified atom stereocenters. The molecule has 0 aromatic heterocycles. The van der Waals surface area contributed by atoms with Crippen LogP contribution in [0.1, 0.15) is 43.6 Å². The third-order valence-electron chi connectivity index (χ3n) is 3.49. The third-order valence-corrected chi connectivity index (χ3v) is 3.78. The van der Waals surface area contributed by atoms with Gasteiger partial charge in [-0.2, -0.15) is 13.2 Å². The van der Waals surface area contributed by atoms with Gasteiger partial charge in [-0.15, -0.1) is 0 Å². The molecule has 162 valence electrons. The zero-order valence-corrected chi connectivity index (χ0v) is 17.8. The van der Waals surface area contributed by atoms with Gasteiger partial charge in [0.2, 0.25) is 0 Å². The Labute approximate surface area is 175 Å². The summed E-state index contributed by atoms with van der Waals surface area (Å²) < 4.78 is 38.0. The number of hydrogen-bond donors (Lipinski definition) is 3. The zero-order valence-electron chi connectivity index (χ0n) is 17.0. The molecule has 29 heavy (non-hydrogen) atoms. The van der Waals surface area contributed by atoms with E-state index in [-0.39, 0.29) is 16.1 Å². The van der Waals surface area contributed by atoms with Crippen molar-refractivity contribution in [3.63, 3.8) is 0 Å². The van der Waals surface area contributed by atoms with Crippen LogP contribution in [-0.4, -0.2) is 31.2 Å². The number of halogens is 4. The Morgan fingerprint density at radius 1 is 1.03 bits per heavy atom. The van der Waals surface area contributed by atoms with Gasteiger partial charge in [0.15, 0.2) is 6.29 Å². The quantitative estimate of drug-likeness (QED) is 0.310. The van der Waals surface area contributed by atoms with Gasteiger partial charge in [0.1, 0.15) is 5.75 Å². The highest BCUT2D eigenvalue weighted by Gasteiger charge is 2.30. The fraction of sp³-hybridized carbons (Fsp3) is 0.381. The highest BCUT2D eigenvalue weighted by atomic mass is 35.5. The second-order valence-electron chi connectivity index (χ2n) is 5.48. The summed E-state index contributed by atoms with van der Waals surface area (Å²) in [5, 5.41) is 15.7. The Kier molecular flexibility index (Phi) is 13.0. The van der Waals surface area contributed by atoms with Gasteiger partial charge in [0.05, 0.1) is 16.1 Å². The summed E-state index contributed by atoms with van der Waals surface area (Å²) in [6.45, 7) is 11.2. The first-order chi connectivity index (χ1) is 13.7. The average molecular weight is 433 g/mol. The molecule has 0 amide bonds. The molecule has 0 saturated carbocycles. The minimum atomic E-state index is -4.45. The smallest absolute Gasteiger partial charge is 0.416 e. The Hall–Kier alpha value is -2.09. The van der Waals surface area contributed by atoms with Crippen molar-refractivity contribution >= 4 is 17.9 Å². The number of hydrogen-bond acceptors (Lipinski definition) is 4. The third kappa shape index (κ3) is 9.30. The van der Waals surface area contributed by atoms with Gasteiger partial charge in [0, 0.05) is 6.67 Å². The molecular weight excluding hydrogens is 405 g/mol. The van der Waals surface area contributed by atoms with Gasteiger partial charge >= 0.3 is 6.18 Å². The standard InChI is InChI=1S/C14H8ClF3O2.C5H14N2.C2H6/c15-12-6-9(4-10(7-19)13(12)20)8-2-1-3-11(5-8)14(16,17)18;1-3-6-5-7-4-2;1-2/h1-7,20H;6-7H,3-5H2,1-2H3;1-2H3. The number of benzene rings is 2. The lowest BCUT2D eigenvalue weighted by Crippen LogP contribution is -2.28. The molecule has 0 aliphatic heterocycles. The van der Waals surface area contributed by atoms with E-state index in [1.54, 1.807) is 0 Å². The van der Waals surface area contributed by atoms with Crippen LogP contribution in [0, 0.1) is 0 Å². The Balaban J connectivity index is 0.000000740. The van der Waals surface area contributed by atoms with Gasteiger partial charge in [-0.25, -0.2) is 0 Å². The summed E-state index contributed by atoms with van der Waals surface area (Å²) >= 11 is 5.75. The Morgan fingerprint density at radius 2 is 1.62 bits per heavy atom. The number of carbonyl (C=O) groups is 1. The number of carbonyl (C=O) groups excluding carboxylic acids is 1. The number of phenolic OH excluding ortho intramolecular Hbond substituents is 1. The van der Waals surface area contributed by atoms with Crippen LogP contribution >= 0.6 is 11.6 Å². The lowest BCUT2D eigenvalue weighted by molar-refractivity contribution is -0.137. The van der Waals surface area contributed by atoms with Crippen LogP contribution in [-0.2, 0) is 6.18 Å². The van der Waals surface area contributed by atoms with E-state index in [4.69, 9.17) is 11.6 Å². The zero-order chi connectivity index (χ0) is 22.4. The maximum atomic E-state index is 12.7. The fourth-order valence-corrected chi connectivity index (χ4v) is 2.32.